The molecule has 5 heteroatoms. The van der Waals surface area contributed by atoms with Gasteiger partial charge in [0, 0.05) is 13.1 Å². The average molecular weight is 320 g/mol. The van der Waals surface area contributed by atoms with Gasteiger partial charge in [-0.3, -0.25) is 11.2 Å². The van der Waals surface area contributed by atoms with Crippen LogP contribution in [0.5, 0.6) is 0 Å². The molecule has 0 saturated carbocycles. The topological polar surface area (TPSA) is 49.8 Å². The van der Waals surface area contributed by atoms with E-state index in [1.54, 1.807) is 0 Å². The first-order valence-corrected chi connectivity index (χ1v) is 4.15. The summed E-state index contributed by atoms with van der Waals surface area (Å²) in [6, 6.07) is 0. The molecule has 78 valence electrons. The molecule has 1 saturated heterocycles. The third-order valence-electron chi connectivity index (χ3n) is 1.87. The zero-order valence-corrected chi connectivity index (χ0v) is 15.3. The predicted octanol–water partition coefficient (Wildman–Crippen LogP) is -2.55. The Kier molecular flexibility index (Phi) is 13.7. The Hall–Kier alpha value is 1.31. The van der Waals surface area contributed by atoms with Crippen LogP contribution in [0.25, 0.3) is 0 Å². The van der Waals surface area contributed by atoms with Crippen molar-refractivity contribution in [1.82, 2.24) is 4.90 Å². The first-order chi connectivity index (χ1) is 5.79. The normalized spacial score (nSPS) is 16.3. The SMILES string of the molecule is O=C(O)[CH-]CCN1CCOCC1.[CH3-].[Cs+]. The molecule has 1 heterocycles. The minimum Gasteiger partial charge on any atom is -0.503 e. The van der Waals surface area contributed by atoms with Crippen molar-refractivity contribution in [3.8, 4) is 0 Å². The van der Waals surface area contributed by atoms with Crippen molar-refractivity contribution in [2.75, 3.05) is 32.8 Å². The van der Waals surface area contributed by atoms with E-state index in [0.717, 1.165) is 32.8 Å². The summed E-state index contributed by atoms with van der Waals surface area (Å²) in [4.78, 5) is 12.4. The Morgan fingerprint density at radius 3 is 2.50 bits per heavy atom. The minimum atomic E-state index is -0.830. The molecular formula is C9H17CsNO3-. The summed E-state index contributed by atoms with van der Waals surface area (Å²) in [6.07, 6.45) is 1.92. The molecule has 0 bridgehead atoms. The summed E-state index contributed by atoms with van der Waals surface area (Å²) in [5.74, 6) is -0.830. The second-order valence-corrected chi connectivity index (χ2v) is 2.79. The maximum absolute atomic E-state index is 10.1. The van der Waals surface area contributed by atoms with E-state index in [1.807, 2.05) is 0 Å². The summed E-state index contributed by atoms with van der Waals surface area (Å²) in [6.45, 7) is 4.22. The maximum atomic E-state index is 10.1. The van der Waals surface area contributed by atoms with Crippen LogP contribution in [0.3, 0.4) is 0 Å². The van der Waals surface area contributed by atoms with Crippen molar-refractivity contribution in [2.45, 2.75) is 6.42 Å². The number of nitrogens with zero attached hydrogens (tertiary/aromatic N) is 1. The fraction of sp³-hybridized carbons (Fsp3) is 0.667. The van der Waals surface area contributed by atoms with E-state index in [-0.39, 0.29) is 76.3 Å². The number of hydrogen-bond donors (Lipinski definition) is 1. The van der Waals surface area contributed by atoms with Crippen LogP contribution in [0.2, 0.25) is 0 Å². The molecule has 0 unspecified atom stereocenters. The van der Waals surface area contributed by atoms with Crippen LogP contribution in [0.1, 0.15) is 6.42 Å². The molecule has 1 N–H and O–H groups in total. The Bertz CT molecular complexity index is 149. The molecule has 1 aliphatic rings. The molecule has 0 amide bonds. The molecule has 0 aromatic carbocycles. The third-order valence-corrected chi connectivity index (χ3v) is 1.87. The second-order valence-electron chi connectivity index (χ2n) is 2.79. The molecule has 14 heavy (non-hydrogen) atoms. The Labute approximate surface area is 145 Å². The van der Waals surface area contributed by atoms with Crippen molar-refractivity contribution in [1.29, 1.82) is 0 Å². The van der Waals surface area contributed by atoms with Gasteiger partial charge < -0.3 is 22.2 Å². The summed E-state index contributed by atoms with van der Waals surface area (Å²) < 4.78 is 5.16. The smallest absolute Gasteiger partial charge is 0.503 e. The standard InChI is InChI=1S/C8H14NO3.CH3.Cs/c10-8(11)2-1-3-9-4-6-12-7-5-9;;/h2H,1,3-7H2,(H,10,11);1H3;/q2*-1;+1. The number of ether oxygens (including phenoxy) is 1. The van der Waals surface area contributed by atoms with Crippen LogP contribution in [0, 0.1) is 13.8 Å². The molecule has 1 fully saturated rings. The summed E-state index contributed by atoms with van der Waals surface area (Å²) in [5, 5.41) is 8.34. The van der Waals surface area contributed by atoms with Gasteiger partial charge in [0.2, 0.25) is 0 Å². The van der Waals surface area contributed by atoms with E-state index >= 15 is 0 Å². The zero-order valence-electron chi connectivity index (χ0n) is 9.03. The van der Waals surface area contributed by atoms with E-state index in [2.05, 4.69) is 4.90 Å². The summed E-state index contributed by atoms with van der Waals surface area (Å²) in [5.41, 5.74) is 0. The van der Waals surface area contributed by atoms with Gasteiger partial charge in [0.05, 0.1) is 13.2 Å². The van der Waals surface area contributed by atoms with Crippen molar-refractivity contribution < 1.29 is 83.5 Å². The predicted molar refractivity (Wildman–Crippen MR) is 50.2 cm³/mol. The molecule has 0 aromatic heterocycles. The third kappa shape index (κ3) is 8.61. The molecule has 4 nitrogen and oxygen atoms in total. The van der Waals surface area contributed by atoms with E-state index in [4.69, 9.17) is 9.84 Å². The van der Waals surface area contributed by atoms with E-state index in [1.165, 1.54) is 6.42 Å². The van der Waals surface area contributed by atoms with Gasteiger partial charge in [-0.15, -0.1) is 6.42 Å². The van der Waals surface area contributed by atoms with Crippen molar-refractivity contribution >= 4 is 5.97 Å². The number of aliphatic carboxylic acids is 1. The number of rotatable bonds is 4. The number of morpholine rings is 1. The van der Waals surface area contributed by atoms with Gasteiger partial charge in [-0.05, 0) is 6.54 Å². The van der Waals surface area contributed by atoms with Gasteiger partial charge in [0.1, 0.15) is 0 Å². The Morgan fingerprint density at radius 1 is 1.43 bits per heavy atom. The fourth-order valence-electron chi connectivity index (χ4n) is 1.20. The number of carbonyl (C=O) groups is 1. The molecular weight excluding hydrogens is 303 g/mol. The van der Waals surface area contributed by atoms with Crippen LogP contribution in [-0.2, 0) is 9.53 Å². The van der Waals surface area contributed by atoms with Crippen LogP contribution in [0.15, 0.2) is 0 Å². The number of carboxylic acid groups (broad SMARTS) is 1. The molecule has 0 radical (unpaired) electrons. The van der Waals surface area contributed by atoms with Gasteiger partial charge in [-0.25, -0.2) is 0 Å². The molecule has 0 spiro atoms. The van der Waals surface area contributed by atoms with Crippen molar-refractivity contribution in [2.24, 2.45) is 0 Å². The van der Waals surface area contributed by atoms with Crippen LogP contribution < -0.4 is 68.9 Å². The fourth-order valence-corrected chi connectivity index (χ4v) is 1.20. The Morgan fingerprint density at radius 2 is 2.00 bits per heavy atom. The number of carboxylic acids is 1. The molecule has 0 aliphatic carbocycles. The van der Waals surface area contributed by atoms with Gasteiger partial charge in [0.25, 0.3) is 0 Å². The van der Waals surface area contributed by atoms with Gasteiger partial charge >= 0.3 is 68.9 Å². The van der Waals surface area contributed by atoms with Gasteiger partial charge in [-0.1, -0.05) is 0 Å². The molecule has 1 rings (SSSR count). The van der Waals surface area contributed by atoms with E-state index in [0.29, 0.717) is 6.42 Å². The quantitative estimate of drug-likeness (QED) is 0.580. The van der Waals surface area contributed by atoms with Crippen LogP contribution >= 0.6 is 0 Å². The van der Waals surface area contributed by atoms with Crippen LogP contribution in [0.4, 0.5) is 0 Å². The van der Waals surface area contributed by atoms with Gasteiger partial charge in [-0.2, -0.15) is 0 Å². The largest absolute Gasteiger partial charge is 1.00 e. The van der Waals surface area contributed by atoms with Crippen molar-refractivity contribution in [3.63, 3.8) is 0 Å². The molecule has 1 aliphatic heterocycles. The first-order valence-electron chi connectivity index (χ1n) is 4.15. The van der Waals surface area contributed by atoms with E-state index < -0.39 is 5.97 Å². The minimum absolute atomic E-state index is 0. The first kappa shape index (κ1) is 17.7. The van der Waals surface area contributed by atoms with Crippen molar-refractivity contribution in [3.05, 3.63) is 13.8 Å². The Balaban J connectivity index is 0. The number of hydrogen-bond acceptors (Lipinski definition) is 3. The zero-order chi connectivity index (χ0) is 8.81. The average Bonchev–Trinajstić information content (AvgIpc) is 2.05. The van der Waals surface area contributed by atoms with Gasteiger partial charge in [0.15, 0.2) is 5.97 Å². The monoisotopic (exact) mass is 320 g/mol. The molecule has 0 aromatic rings. The maximum Gasteiger partial charge on any atom is 1.00 e. The second kappa shape index (κ2) is 10.8. The summed E-state index contributed by atoms with van der Waals surface area (Å²) in [7, 11) is 0. The molecule has 0 atom stereocenters. The van der Waals surface area contributed by atoms with E-state index in [9.17, 15) is 4.79 Å². The van der Waals surface area contributed by atoms with Crippen LogP contribution in [-0.4, -0.2) is 48.8 Å². The summed E-state index contributed by atoms with van der Waals surface area (Å²) >= 11 is 0.